The molecule has 1 aromatic heterocycles. The maximum atomic E-state index is 11.9. The van der Waals surface area contributed by atoms with E-state index in [-0.39, 0.29) is 18.2 Å². The molecule has 1 amide bonds. The van der Waals surface area contributed by atoms with Gasteiger partial charge in [-0.05, 0) is 24.3 Å². The number of nitrogens with one attached hydrogen (secondary N) is 1. The van der Waals surface area contributed by atoms with Crippen LogP contribution in [0.15, 0.2) is 60.0 Å². The van der Waals surface area contributed by atoms with Gasteiger partial charge in [0.05, 0.1) is 23.6 Å². The molecule has 2 aromatic carbocycles. The molecule has 6 nitrogen and oxygen atoms in total. The molecule has 3 rings (SSSR count). The maximum Gasteiger partial charge on any atom is 0.260 e. The predicted octanol–water partition coefficient (Wildman–Crippen LogP) is 1.89. The fourth-order valence-corrected chi connectivity index (χ4v) is 2.10. The first kappa shape index (κ1) is 13.8. The lowest BCUT2D eigenvalue weighted by molar-refractivity contribution is -0.121. The molecule has 0 fully saturated rings. The van der Waals surface area contributed by atoms with E-state index in [2.05, 4.69) is 15.5 Å². The van der Waals surface area contributed by atoms with E-state index in [1.807, 2.05) is 24.3 Å². The number of aromatic hydroxyl groups is 1. The largest absolute Gasteiger partial charge is 0.507 e. The zero-order chi connectivity index (χ0) is 15.4. The molecule has 0 aliphatic heterocycles. The first-order chi connectivity index (χ1) is 10.7. The number of rotatable bonds is 4. The number of aromatic nitrogens is 2. The highest BCUT2D eigenvalue weighted by molar-refractivity contribution is 5.85. The summed E-state index contributed by atoms with van der Waals surface area (Å²) in [6.45, 7) is 0.124. The summed E-state index contributed by atoms with van der Waals surface area (Å²) < 4.78 is 1.75. The third kappa shape index (κ3) is 2.95. The average molecular weight is 294 g/mol. The van der Waals surface area contributed by atoms with Crippen molar-refractivity contribution < 1.29 is 9.90 Å². The number of imidazole rings is 1. The van der Waals surface area contributed by atoms with Crippen LogP contribution in [0.5, 0.6) is 5.75 Å². The third-order valence-corrected chi connectivity index (χ3v) is 3.17. The smallest absolute Gasteiger partial charge is 0.260 e. The molecule has 110 valence electrons. The number of hydrogen-bond acceptors (Lipinski definition) is 4. The van der Waals surface area contributed by atoms with E-state index >= 15 is 0 Å². The fourth-order valence-electron chi connectivity index (χ4n) is 2.10. The molecular formula is C16H14N4O2. The van der Waals surface area contributed by atoms with Crippen molar-refractivity contribution in [1.29, 1.82) is 0 Å². The van der Waals surface area contributed by atoms with Crippen LogP contribution in [0.25, 0.3) is 11.0 Å². The topological polar surface area (TPSA) is 79.5 Å². The predicted molar refractivity (Wildman–Crippen MR) is 83.6 cm³/mol. The van der Waals surface area contributed by atoms with Crippen molar-refractivity contribution in [3.63, 3.8) is 0 Å². The van der Waals surface area contributed by atoms with Gasteiger partial charge in [-0.1, -0.05) is 24.3 Å². The number of phenolic OH excluding ortho intramolecular Hbond substituents is 1. The fraction of sp³-hybridized carbons (Fsp3) is 0.0625. The van der Waals surface area contributed by atoms with Gasteiger partial charge in [0.15, 0.2) is 0 Å². The number of nitrogens with zero attached hydrogens (tertiary/aromatic N) is 3. The minimum Gasteiger partial charge on any atom is -0.507 e. The molecule has 0 atom stereocenters. The van der Waals surface area contributed by atoms with E-state index in [1.54, 1.807) is 35.2 Å². The standard InChI is InChI=1S/C16H14N4O2/c21-15-8-4-1-5-12(15)9-18-19-16(22)10-20-11-17-13-6-2-3-7-14(13)20/h1-9,11,21H,10H2,(H,19,22)/b18-9+. The molecule has 0 saturated carbocycles. The van der Waals surface area contributed by atoms with E-state index in [1.165, 1.54) is 6.21 Å². The Balaban J connectivity index is 1.65. The Bertz CT molecular complexity index is 839. The van der Waals surface area contributed by atoms with Crippen LogP contribution < -0.4 is 5.43 Å². The van der Waals surface area contributed by atoms with Gasteiger partial charge >= 0.3 is 0 Å². The highest BCUT2D eigenvalue weighted by Crippen LogP contribution is 2.13. The summed E-state index contributed by atoms with van der Waals surface area (Å²) in [7, 11) is 0. The van der Waals surface area contributed by atoms with E-state index in [0.717, 1.165) is 11.0 Å². The lowest BCUT2D eigenvalue weighted by atomic mass is 10.2. The molecule has 0 saturated heterocycles. The number of benzene rings is 2. The monoisotopic (exact) mass is 294 g/mol. The lowest BCUT2D eigenvalue weighted by Gasteiger charge is -2.03. The number of phenols is 1. The highest BCUT2D eigenvalue weighted by Gasteiger charge is 2.05. The number of carbonyl (C=O) groups excluding carboxylic acids is 1. The molecule has 3 aromatic rings. The molecule has 2 N–H and O–H groups in total. The maximum absolute atomic E-state index is 11.9. The van der Waals surface area contributed by atoms with Crippen LogP contribution >= 0.6 is 0 Å². The second-order valence-electron chi connectivity index (χ2n) is 4.71. The van der Waals surface area contributed by atoms with Crippen molar-refractivity contribution in [2.75, 3.05) is 0 Å². The Morgan fingerprint density at radius 3 is 2.86 bits per heavy atom. The molecule has 0 radical (unpaired) electrons. The Hall–Kier alpha value is -3.15. The van der Waals surface area contributed by atoms with Gasteiger partial charge in [-0.25, -0.2) is 10.4 Å². The molecule has 1 heterocycles. The van der Waals surface area contributed by atoms with Crippen LogP contribution in [0.4, 0.5) is 0 Å². The average Bonchev–Trinajstić information content (AvgIpc) is 2.92. The van der Waals surface area contributed by atoms with Crippen LogP contribution in [0.3, 0.4) is 0 Å². The van der Waals surface area contributed by atoms with Gasteiger partial charge in [0, 0.05) is 5.56 Å². The first-order valence-corrected chi connectivity index (χ1v) is 6.74. The third-order valence-electron chi connectivity index (χ3n) is 3.17. The number of carbonyl (C=O) groups is 1. The molecule has 0 aliphatic rings. The highest BCUT2D eigenvalue weighted by atomic mass is 16.3. The molecule has 0 spiro atoms. The summed E-state index contributed by atoms with van der Waals surface area (Å²) in [6, 6.07) is 14.3. The van der Waals surface area contributed by atoms with Crippen molar-refractivity contribution in [3.8, 4) is 5.75 Å². The summed E-state index contributed by atoms with van der Waals surface area (Å²) >= 11 is 0. The van der Waals surface area contributed by atoms with E-state index in [0.29, 0.717) is 5.56 Å². The Kier molecular flexibility index (Phi) is 3.82. The molecule has 0 aliphatic carbocycles. The van der Waals surface area contributed by atoms with Gasteiger partial charge in [0.1, 0.15) is 12.3 Å². The van der Waals surface area contributed by atoms with Crippen LogP contribution in [-0.2, 0) is 11.3 Å². The lowest BCUT2D eigenvalue weighted by Crippen LogP contribution is -2.22. The van der Waals surface area contributed by atoms with E-state index < -0.39 is 0 Å². The zero-order valence-corrected chi connectivity index (χ0v) is 11.7. The second kappa shape index (κ2) is 6.09. The summed E-state index contributed by atoms with van der Waals surface area (Å²) in [4.78, 5) is 16.1. The van der Waals surface area contributed by atoms with Crippen molar-refractivity contribution in [1.82, 2.24) is 15.0 Å². The molecule has 6 heteroatoms. The zero-order valence-electron chi connectivity index (χ0n) is 11.7. The van der Waals surface area contributed by atoms with Crippen LogP contribution in [0.2, 0.25) is 0 Å². The van der Waals surface area contributed by atoms with Crippen LogP contribution in [0, 0.1) is 0 Å². The summed E-state index contributed by atoms with van der Waals surface area (Å²) in [5.74, 6) is -0.157. The van der Waals surface area contributed by atoms with Gasteiger partial charge in [-0.15, -0.1) is 0 Å². The Morgan fingerprint density at radius 1 is 1.23 bits per heavy atom. The molecular weight excluding hydrogens is 280 g/mol. The number of hydrazone groups is 1. The van der Waals surface area contributed by atoms with Crippen LogP contribution in [-0.4, -0.2) is 26.8 Å². The Labute approximate surface area is 126 Å². The van der Waals surface area contributed by atoms with E-state index in [9.17, 15) is 9.90 Å². The van der Waals surface area contributed by atoms with Crippen molar-refractivity contribution in [2.24, 2.45) is 5.10 Å². The van der Waals surface area contributed by atoms with Crippen molar-refractivity contribution in [3.05, 3.63) is 60.4 Å². The normalized spacial score (nSPS) is 11.1. The molecule has 0 bridgehead atoms. The first-order valence-electron chi connectivity index (χ1n) is 6.74. The number of fused-ring (bicyclic) bond motifs is 1. The van der Waals surface area contributed by atoms with Crippen molar-refractivity contribution in [2.45, 2.75) is 6.54 Å². The summed E-state index contributed by atoms with van der Waals surface area (Å²) in [6.07, 6.45) is 3.02. The molecule has 22 heavy (non-hydrogen) atoms. The number of hydrogen-bond donors (Lipinski definition) is 2. The summed E-state index contributed by atoms with van der Waals surface area (Å²) in [5, 5.41) is 13.4. The minimum absolute atomic E-state index is 0.112. The summed E-state index contributed by atoms with van der Waals surface area (Å²) in [5.41, 5.74) is 4.70. The Morgan fingerprint density at radius 2 is 2.00 bits per heavy atom. The van der Waals surface area contributed by atoms with Gasteiger partial charge in [0.2, 0.25) is 0 Å². The SMILES string of the molecule is O=C(Cn1cnc2ccccc21)N/N=C/c1ccccc1O. The van der Waals surface area contributed by atoms with Crippen molar-refractivity contribution >= 4 is 23.2 Å². The van der Waals surface area contributed by atoms with Crippen LogP contribution in [0.1, 0.15) is 5.56 Å². The van der Waals surface area contributed by atoms with Gasteiger partial charge < -0.3 is 9.67 Å². The van der Waals surface area contributed by atoms with Gasteiger partial charge in [-0.3, -0.25) is 4.79 Å². The van der Waals surface area contributed by atoms with Gasteiger partial charge in [0.25, 0.3) is 5.91 Å². The quantitative estimate of drug-likeness (QED) is 0.569. The van der Waals surface area contributed by atoms with Gasteiger partial charge in [-0.2, -0.15) is 5.10 Å². The number of para-hydroxylation sites is 3. The number of amides is 1. The second-order valence-corrected chi connectivity index (χ2v) is 4.71. The molecule has 0 unspecified atom stereocenters. The van der Waals surface area contributed by atoms with E-state index in [4.69, 9.17) is 0 Å². The minimum atomic E-state index is -0.269.